The highest BCUT2D eigenvalue weighted by atomic mass is 14.6. The largest absolute Gasteiger partial charge is 0.398 e. The Labute approximate surface area is 299 Å². The van der Waals surface area contributed by atoms with Gasteiger partial charge in [0.25, 0.3) is 0 Å². The van der Waals surface area contributed by atoms with Gasteiger partial charge >= 0.3 is 0 Å². The quantitative estimate of drug-likeness (QED) is 0.141. The zero-order valence-electron chi connectivity index (χ0n) is 28.4. The number of benzene rings is 7. The standard InChI is InChI=1S/C50H37N/c51-46(35-17-5-2-6-18-35)32-38(33-14-3-1-4-15-33)31-28-34-16-7-8-21-39(34)40-23-13-27-45-49(40)41-22-9-10-24-42(41)50(45)43-25-11-19-36-29-30-37-20-12-26-44(50)48(37)47(36)43/h1-9,11-23,25-27,29-32H,10,24,28,51H2/b38-31+,46-32-. The summed E-state index contributed by atoms with van der Waals surface area (Å²) in [6.45, 7) is 0. The Bertz CT molecular complexity index is 2590. The first-order valence-corrected chi connectivity index (χ1v) is 18.1. The normalized spacial score (nSPS) is 15.7. The van der Waals surface area contributed by atoms with Crippen LogP contribution in [0.2, 0.25) is 0 Å². The van der Waals surface area contributed by atoms with Gasteiger partial charge in [-0.15, -0.1) is 0 Å². The molecule has 242 valence electrons. The Hall–Kier alpha value is -6.18. The number of fused-ring (bicyclic) bond motifs is 6. The molecule has 3 aliphatic carbocycles. The van der Waals surface area contributed by atoms with Gasteiger partial charge in [0.2, 0.25) is 0 Å². The van der Waals surface area contributed by atoms with Crippen molar-refractivity contribution in [3.05, 3.63) is 220 Å². The third-order valence-electron chi connectivity index (χ3n) is 11.4. The Morgan fingerprint density at radius 1 is 0.588 bits per heavy atom. The number of nitrogens with two attached hydrogens (primary N) is 1. The van der Waals surface area contributed by atoms with Gasteiger partial charge in [-0.3, -0.25) is 0 Å². The lowest BCUT2D eigenvalue weighted by Gasteiger charge is -2.33. The van der Waals surface area contributed by atoms with Crippen LogP contribution in [0, 0.1) is 0 Å². The summed E-state index contributed by atoms with van der Waals surface area (Å²) < 4.78 is 0. The van der Waals surface area contributed by atoms with Crippen molar-refractivity contribution in [2.45, 2.75) is 24.7 Å². The van der Waals surface area contributed by atoms with E-state index >= 15 is 0 Å². The van der Waals surface area contributed by atoms with Crippen LogP contribution in [0.1, 0.15) is 51.8 Å². The van der Waals surface area contributed by atoms with Gasteiger partial charge in [0.1, 0.15) is 0 Å². The fraction of sp³-hybridized carbons (Fsp3) is 0.0800. The summed E-state index contributed by atoms with van der Waals surface area (Å²) in [7, 11) is 0. The zero-order chi connectivity index (χ0) is 33.9. The zero-order valence-corrected chi connectivity index (χ0v) is 28.4. The first-order chi connectivity index (χ1) is 25.2. The second-order valence-electron chi connectivity index (χ2n) is 14.0. The van der Waals surface area contributed by atoms with E-state index in [1.165, 1.54) is 66.1 Å². The molecule has 0 aromatic heterocycles. The molecule has 1 nitrogen and oxygen atoms in total. The number of rotatable bonds is 6. The van der Waals surface area contributed by atoms with Gasteiger partial charge in [-0.05, 0) is 114 Å². The maximum absolute atomic E-state index is 6.70. The first kappa shape index (κ1) is 29.7. The minimum Gasteiger partial charge on any atom is -0.398 e. The topological polar surface area (TPSA) is 26.0 Å². The highest BCUT2D eigenvalue weighted by molar-refractivity contribution is 6.18. The maximum atomic E-state index is 6.70. The summed E-state index contributed by atoms with van der Waals surface area (Å²) in [5, 5.41) is 5.51. The average Bonchev–Trinajstić information content (AvgIpc) is 3.68. The lowest BCUT2D eigenvalue weighted by molar-refractivity contribution is 0.716. The molecule has 0 aliphatic heterocycles. The Morgan fingerprint density at radius 2 is 1.20 bits per heavy atom. The van der Waals surface area contributed by atoms with Crippen LogP contribution in [-0.4, -0.2) is 0 Å². The van der Waals surface area contributed by atoms with Crippen LogP contribution in [-0.2, 0) is 11.8 Å². The summed E-state index contributed by atoms with van der Waals surface area (Å²) in [5.41, 5.74) is 23.0. The van der Waals surface area contributed by atoms with E-state index < -0.39 is 0 Å². The molecule has 10 rings (SSSR count). The molecule has 0 atom stereocenters. The van der Waals surface area contributed by atoms with E-state index in [4.69, 9.17) is 5.73 Å². The summed E-state index contributed by atoms with van der Waals surface area (Å²) in [5.74, 6) is 0. The van der Waals surface area contributed by atoms with Crippen LogP contribution in [0.3, 0.4) is 0 Å². The molecule has 1 spiro atoms. The van der Waals surface area contributed by atoms with E-state index in [9.17, 15) is 0 Å². The smallest absolute Gasteiger partial charge is 0.0689 e. The highest BCUT2D eigenvalue weighted by Crippen LogP contribution is 2.64. The van der Waals surface area contributed by atoms with Gasteiger partial charge in [0.05, 0.1) is 5.41 Å². The van der Waals surface area contributed by atoms with Crippen molar-refractivity contribution in [1.82, 2.24) is 0 Å². The maximum Gasteiger partial charge on any atom is 0.0689 e. The summed E-state index contributed by atoms with van der Waals surface area (Å²) in [6.07, 6.45) is 12.2. The van der Waals surface area contributed by atoms with E-state index in [2.05, 4.69) is 158 Å². The Morgan fingerprint density at radius 3 is 1.92 bits per heavy atom. The predicted molar refractivity (Wildman–Crippen MR) is 215 cm³/mol. The molecule has 0 fully saturated rings. The molecule has 1 heteroatoms. The molecule has 51 heavy (non-hydrogen) atoms. The van der Waals surface area contributed by atoms with Gasteiger partial charge in [-0.1, -0.05) is 170 Å². The van der Waals surface area contributed by atoms with Crippen molar-refractivity contribution in [2.24, 2.45) is 5.73 Å². The highest BCUT2D eigenvalue weighted by Gasteiger charge is 2.52. The third-order valence-corrected chi connectivity index (χ3v) is 11.4. The van der Waals surface area contributed by atoms with Crippen molar-refractivity contribution >= 4 is 38.4 Å². The van der Waals surface area contributed by atoms with Gasteiger partial charge in [-0.25, -0.2) is 0 Å². The van der Waals surface area contributed by atoms with Crippen molar-refractivity contribution in [3.63, 3.8) is 0 Å². The van der Waals surface area contributed by atoms with Gasteiger partial charge in [0.15, 0.2) is 0 Å². The van der Waals surface area contributed by atoms with Crippen LogP contribution in [0.5, 0.6) is 0 Å². The average molecular weight is 652 g/mol. The molecule has 0 heterocycles. The lowest BCUT2D eigenvalue weighted by atomic mass is 9.67. The fourth-order valence-corrected chi connectivity index (χ4v) is 9.32. The molecule has 0 radical (unpaired) electrons. The molecule has 0 saturated heterocycles. The minimum absolute atomic E-state index is 0.288. The molecule has 2 N–H and O–H groups in total. The third kappa shape index (κ3) is 4.41. The predicted octanol–water partition coefficient (Wildman–Crippen LogP) is 12.1. The molecule has 0 bridgehead atoms. The summed E-state index contributed by atoms with van der Waals surface area (Å²) >= 11 is 0. The molecule has 7 aromatic rings. The van der Waals surface area contributed by atoms with E-state index in [1.54, 1.807) is 5.57 Å². The molecular weight excluding hydrogens is 615 g/mol. The Balaban J connectivity index is 1.16. The van der Waals surface area contributed by atoms with Gasteiger partial charge in [-0.2, -0.15) is 0 Å². The number of allylic oxidation sites excluding steroid dienone is 7. The molecule has 0 saturated carbocycles. The van der Waals surface area contributed by atoms with Crippen molar-refractivity contribution in [1.29, 1.82) is 0 Å². The van der Waals surface area contributed by atoms with Crippen LogP contribution >= 0.6 is 0 Å². The van der Waals surface area contributed by atoms with E-state index in [0.717, 1.165) is 41.7 Å². The van der Waals surface area contributed by atoms with Gasteiger partial charge < -0.3 is 5.73 Å². The molecular formula is C50H37N. The molecule has 0 unspecified atom stereocenters. The van der Waals surface area contributed by atoms with E-state index in [0.29, 0.717) is 0 Å². The van der Waals surface area contributed by atoms with Crippen LogP contribution in [0.25, 0.3) is 49.5 Å². The van der Waals surface area contributed by atoms with Crippen LogP contribution in [0.4, 0.5) is 0 Å². The van der Waals surface area contributed by atoms with Crippen LogP contribution < -0.4 is 5.73 Å². The molecule has 3 aliphatic rings. The van der Waals surface area contributed by atoms with Crippen molar-refractivity contribution in [2.75, 3.05) is 0 Å². The lowest BCUT2D eigenvalue weighted by Crippen LogP contribution is -2.28. The van der Waals surface area contributed by atoms with E-state index in [-0.39, 0.29) is 5.41 Å². The number of hydrogen-bond acceptors (Lipinski definition) is 1. The second-order valence-corrected chi connectivity index (χ2v) is 14.0. The molecule has 7 aromatic carbocycles. The van der Waals surface area contributed by atoms with Gasteiger partial charge in [0, 0.05) is 5.70 Å². The summed E-state index contributed by atoms with van der Waals surface area (Å²) in [6, 6.07) is 55.4. The monoisotopic (exact) mass is 651 g/mol. The first-order valence-electron chi connectivity index (χ1n) is 18.1. The minimum atomic E-state index is -0.288. The summed E-state index contributed by atoms with van der Waals surface area (Å²) in [4.78, 5) is 0. The Kier molecular flexibility index (Phi) is 6.82. The van der Waals surface area contributed by atoms with Crippen molar-refractivity contribution in [3.8, 4) is 11.1 Å². The number of hydrogen-bond donors (Lipinski definition) is 1. The van der Waals surface area contributed by atoms with Crippen LogP contribution in [0.15, 0.2) is 182 Å². The van der Waals surface area contributed by atoms with Crippen molar-refractivity contribution < 1.29 is 0 Å². The molecule has 0 amide bonds. The second kappa shape index (κ2) is 11.7. The SMILES string of the molecule is N/C(=C\C(=C/Cc1ccccc1-c1cccc2c1C1=C(CCC=C1)C21c2cccc3ccc4cccc1c4c23)c1ccccc1)c1ccccc1. The van der Waals surface area contributed by atoms with E-state index in [1.807, 2.05) is 18.2 Å². The fourth-order valence-electron chi connectivity index (χ4n) is 9.32.